The Bertz CT molecular complexity index is 712. The van der Waals surface area contributed by atoms with Gasteiger partial charge in [-0.15, -0.1) is 0 Å². The number of carbonyl (C=O) groups excluding carboxylic acids is 2. The number of rotatable bonds is 3. The van der Waals surface area contributed by atoms with Gasteiger partial charge in [0.1, 0.15) is 11.4 Å². The van der Waals surface area contributed by atoms with E-state index in [0.717, 1.165) is 0 Å². The van der Waals surface area contributed by atoms with Crippen LogP contribution in [0.3, 0.4) is 0 Å². The number of anilines is 1. The third-order valence-corrected chi connectivity index (χ3v) is 5.26. The molecule has 2 amide bonds. The number of sulfonamides is 1. The van der Waals surface area contributed by atoms with Crippen molar-refractivity contribution in [1.82, 2.24) is 9.21 Å². The molecule has 0 saturated carbocycles. The van der Waals surface area contributed by atoms with E-state index in [9.17, 15) is 18.0 Å². The number of nitrogen functional groups attached to an aromatic ring is 1. The van der Waals surface area contributed by atoms with Gasteiger partial charge in [-0.05, 0) is 32.0 Å². The second-order valence-corrected chi connectivity index (χ2v) is 7.00. The normalized spacial score (nSPS) is 16.2. The monoisotopic (exact) mass is 311 g/mol. The maximum atomic E-state index is 12.3. The molecule has 1 aromatic rings. The zero-order chi connectivity index (χ0) is 15.9. The average Bonchev–Trinajstić information content (AvgIpc) is 2.58. The highest BCUT2D eigenvalue weighted by Crippen LogP contribution is 2.31. The first-order valence-electron chi connectivity index (χ1n) is 6.38. The van der Waals surface area contributed by atoms with Gasteiger partial charge in [-0.1, -0.05) is 0 Å². The highest BCUT2D eigenvalue weighted by Gasteiger charge is 2.42. The maximum Gasteiger partial charge on any atom is 0.269 e. The van der Waals surface area contributed by atoms with E-state index in [0.29, 0.717) is 9.99 Å². The lowest BCUT2D eigenvalue weighted by Crippen LogP contribution is -2.43. The highest BCUT2D eigenvalue weighted by molar-refractivity contribution is 7.90. The summed E-state index contributed by atoms with van der Waals surface area (Å²) in [7, 11) is -2.43. The Morgan fingerprint density at radius 3 is 2.57 bits per heavy atom. The van der Waals surface area contributed by atoms with Crippen molar-refractivity contribution in [3.8, 4) is 0 Å². The Kier molecular flexibility index (Phi) is 3.66. The summed E-state index contributed by atoms with van der Waals surface area (Å²) in [5.41, 5.74) is 5.88. The van der Waals surface area contributed by atoms with Crippen molar-refractivity contribution in [2.75, 3.05) is 19.3 Å². The van der Waals surface area contributed by atoms with Crippen LogP contribution < -0.4 is 5.73 Å². The molecule has 0 fully saturated rings. The molecule has 0 radical (unpaired) electrons. The van der Waals surface area contributed by atoms with Gasteiger partial charge in [0.05, 0.1) is 5.56 Å². The lowest BCUT2D eigenvalue weighted by molar-refractivity contribution is -0.131. The Morgan fingerprint density at radius 2 is 2.00 bits per heavy atom. The standard InChI is InChI=1S/C13H17N3O4S/c1-8(2)15(3)12(17)7-16-13(18)10-6-9(14)4-5-11(10)21(16,19)20/h4-6,8H,7,14H2,1-3H3. The summed E-state index contributed by atoms with van der Waals surface area (Å²) in [6, 6.07) is 3.92. The molecule has 0 spiro atoms. The van der Waals surface area contributed by atoms with Crippen molar-refractivity contribution in [2.45, 2.75) is 24.8 Å². The summed E-state index contributed by atoms with van der Waals surface area (Å²) in [5, 5.41) is 0. The van der Waals surface area contributed by atoms with Crippen LogP contribution in [0.1, 0.15) is 24.2 Å². The molecule has 0 unspecified atom stereocenters. The molecule has 1 aliphatic rings. The summed E-state index contributed by atoms with van der Waals surface area (Å²) in [6.07, 6.45) is 0. The Hall–Kier alpha value is -2.09. The average molecular weight is 311 g/mol. The minimum atomic E-state index is -3.99. The molecular formula is C13H17N3O4S. The lowest BCUT2D eigenvalue weighted by atomic mass is 10.2. The molecule has 21 heavy (non-hydrogen) atoms. The number of likely N-dealkylation sites (N-methyl/N-ethyl adjacent to an activating group) is 1. The smallest absolute Gasteiger partial charge is 0.269 e. The predicted octanol–water partition coefficient (Wildman–Crippen LogP) is 0.280. The molecule has 0 saturated heterocycles. The minimum absolute atomic E-state index is 0.00926. The molecule has 0 aliphatic carbocycles. The second kappa shape index (κ2) is 5.03. The molecule has 8 heteroatoms. The van der Waals surface area contributed by atoms with Crippen LogP contribution in [0.25, 0.3) is 0 Å². The predicted molar refractivity (Wildman–Crippen MR) is 77.0 cm³/mol. The number of nitrogens with two attached hydrogens (primary N) is 1. The van der Waals surface area contributed by atoms with E-state index < -0.39 is 28.4 Å². The quantitative estimate of drug-likeness (QED) is 0.808. The molecule has 0 bridgehead atoms. The zero-order valence-electron chi connectivity index (χ0n) is 12.0. The van der Waals surface area contributed by atoms with E-state index >= 15 is 0 Å². The van der Waals surface area contributed by atoms with Crippen molar-refractivity contribution >= 4 is 27.5 Å². The van der Waals surface area contributed by atoms with Crippen molar-refractivity contribution in [1.29, 1.82) is 0 Å². The molecule has 0 aromatic heterocycles. The molecule has 1 aliphatic heterocycles. The number of nitrogens with zero attached hydrogens (tertiary/aromatic N) is 2. The summed E-state index contributed by atoms with van der Waals surface area (Å²) in [6.45, 7) is 3.09. The Labute approximate surface area is 123 Å². The maximum absolute atomic E-state index is 12.3. The van der Waals surface area contributed by atoms with Gasteiger partial charge in [-0.25, -0.2) is 12.7 Å². The van der Waals surface area contributed by atoms with Gasteiger partial charge in [0, 0.05) is 18.8 Å². The summed E-state index contributed by atoms with van der Waals surface area (Å²) in [5.74, 6) is -1.16. The van der Waals surface area contributed by atoms with Crippen LogP contribution in [0.5, 0.6) is 0 Å². The molecule has 1 aromatic carbocycles. The van der Waals surface area contributed by atoms with Gasteiger partial charge < -0.3 is 10.6 Å². The van der Waals surface area contributed by atoms with E-state index in [1.165, 1.54) is 23.1 Å². The first-order chi connectivity index (χ1) is 9.66. The van der Waals surface area contributed by atoms with Crippen LogP contribution >= 0.6 is 0 Å². The van der Waals surface area contributed by atoms with Gasteiger partial charge in [0.2, 0.25) is 5.91 Å². The number of amides is 2. The van der Waals surface area contributed by atoms with E-state index in [1.54, 1.807) is 20.9 Å². The van der Waals surface area contributed by atoms with Gasteiger partial charge in [-0.3, -0.25) is 9.59 Å². The number of benzene rings is 1. The number of hydrogen-bond donors (Lipinski definition) is 1. The van der Waals surface area contributed by atoms with Gasteiger partial charge in [0.25, 0.3) is 15.9 Å². The van der Waals surface area contributed by atoms with Crippen molar-refractivity contribution in [2.24, 2.45) is 0 Å². The first-order valence-corrected chi connectivity index (χ1v) is 7.82. The van der Waals surface area contributed by atoms with E-state index in [4.69, 9.17) is 5.73 Å². The highest BCUT2D eigenvalue weighted by atomic mass is 32.2. The Balaban J connectivity index is 2.36. The molecular weight excluding hydrogens is 294 g/mol. The summed E-state index contributed by atoms with van der Waals surface area (Å²) >= 11 is 0. The molecule has 2 rings (SSSR count). The topological polar surface area (TPSA) is 101 Å². The third kappa shape index (κ3) is 2.46. The van der Waals surface area contributed by atoms with Crippen LogP contribution in [0.2, 0.25) is 0 Å². The van der Waals surface area contributed by atoms with Gasteiger partial charge >= 0.3 is 0 Å². The van der Waals surface area contributed by atoms with E-state index in [2.05, 4.69) is 0 Å². The molecule has 0 atom stereocenters. The Morgan fingerprint density at radius 1 is 1.38 bits per heavy atom. The molecule has 1 heterocycles. The first kappa shape index (κ1) is 15.3. The van der Waals surface area contributed by atoms with E-state index in [1.807, 2.05) is 0 Å². The van der Waals surface area contributed by atoms with Crippen molar-refractivity contribution in [3.63, 3.8) is 0 Å². The van der Waals surface area contributed by atoms with Crippen LogP contribution in [0.4, 0.5) is 5.69 Å². The van der Waals surface area contributed by atoms with Crippen LogP contribution in [-0.4, -0.2) is 49.1 Å². The number of carbonyl (C=O) groups is 2. The third-order valence-electron chi connectivity index (χ3n) is 3.48. The second-order valence-electron chi connectivity index (χ2n) is 5.17. The summed E-state index contributed by atoms with van der Waals surface area (Å²) in [4.78, 5) is 25.5. The zero-order valence-corrected chi connectivity index (χ0v) is 12.8. The van der Waals surface area contributed by atoms with Crippen LogP contribution in [0, 0.1) is 0 Å². The molecule has 114 valence electrons. The van der Waals surface area contributed by atoms with Gasteiger partial charge in [0.15, 0.2) is 0 Å². The fraction of sp³-hybridized carbons (Fsp3) is 0.385. The number of fused-ring (bicyclic) bond motifs is 1. The summed E-state index contributed by atoms with van der Waals surface area (Å²) < 4.78 is 25.3. The van der Waals surface area contributed by atoms with Crippen molar-refractivity contribution in [3.05, 3.63) is 23.8 Å². The molecule has 7 nitrogen and oxygen atoms in total. The lowest BCUT2D eigenvalue weighted by Gasteiger charge is -2.24. The van der Waals surface area contributed by atoms with E-state index in [-0.39, 0.29) is 16.5 Å². The SMILES string of the molecule is CC(C)N(C)C(=O)CN1C(=O)c2cc(N)ccc2S1(=O)=O. The number of hydrogen-bond acceptors (Lipinski definition) is 5. The van der Waals surface area contributed by atoms with Crippen LogP contribution in [0.15, 0.2) is 23.1 Å². The fourth-order valence-corrected chi connectivity index (χ4v) is 3.48. The largest absolute Gasteiger partial charge is 0.399 e. The fourth-order valence-electron chi connectivity index (χ4n) is 1.98. The molecule has 2 N–H and O–H groups in total. The van der Waals surface area contributed by atoms with Gasteiger partial charge in [-0.2, -0.15) is 0 Å². The van der Waals surface area contributed by atoms with Crippen molar-refractivity contribution < 1.29 is 18.0 Å². The minimum Gasteiger partial charge on any atom is -0.399 e. The van der Waals surface area contributed by atoms with Crippen LogP contribution in [-0.2, 0) is 14.8 Å².